The molecule has 1 saturated carbocycles. The average molecular weight is 330 g/mol. The second-order valence-electron chi connectivity index (χ2n) is 7.49. The van der Waals surface area contributed by atoms with Gasteiger partial charge in [-0.3, -0.25) is 0 Å². The second-order valence-corrected chi connectivity index (χ2v) is 7.49. The fourth-order valence-corrected chi connectivity index (χ4v) is 3.68. The normalized spacial score (nSPS) is 36.5. The number of rotatable bonds is 8. The Bertz CT molecular complexity index is 335. The number of methoxy groups -OCH3 is 1. The zero-order valence-electron chi connectivity index (χ0n) is 15.1. The van der Waals surface area contributed by atoms with Crippen LogP contribution >= 0.6 is 0 Å². The number of hydrogen-bond donors (Lipinski definition) is 1. The number of aliphatic hydroxyl groups excluding tert-OH is 1. The van der Waals surface area contributed by atoms with Gasteiger partial charge in [-0.15, -0.1) is 0 Å². The first-order chi connectivity index (χ1) is 11.0. The minimum absolute atomic E-state index is 0.00438. The molecular weight excluding hydrogens is 296 g/mol. The topological polar surface area (TPSA) is 57.2 Å². The van der Waals surface area contributed by atoms with Crippen LogP contribution in [0.25, 0.3) is 0 Å². The van der Waals surface area contributed by atoms with E-state index in [-0.39, 0.29) is 12.4 Å². The van der Waals surface area contributed by atoms with Crippen LogP contribution in [0.4, 0.5) is 0 Å². The smallest absolute Gasteiger partial charge is 0.158 e. The Balaban J connectivity index is 1.71. The first-order valence-electron chi connectivity index (χ1n) is 9.09. The third kappa shape index (κ3) is 5.98. The molecule has 2 aliphatic rings. The van der Waals surface area contributed by atoms with Crippen molar-refractivity contribution in [2.75, 3.05) is 20.3 Å². The van der Waals surface area contributed by atoms with E-state index in [1.165, 1.54) is 20.0 Å². The van der Waals surface area contributed by atoms with E-state index in [2.05, 4.69) is 20.8 Å². The summed E-state index contributed by atoms with van der Waals surface area (Å²) < 4.78 is 22.5. The van der Waals surface area contributed by atoms with E-state index in [1.54, 1.807) is 0 Å². The van der Waals surface area contributed by atoms with Gasteiger partial charge in [0.25, 0.3) is 0 Å². The lowest BCUT2D eigenvalue weighted by Gasteiger charge is -2.37. The molecule has 0 radical (unpaired) electrons. The fraction of sp³-hybridized carbons (Fsp3) is 1.00. The van der Waals surface area contributed by atoms with Crippen LogP contribution < -0.4 is 0 Å². The summed E-state index contributed by atoms with van der Waals surface area (Å²) in [5.74, 6) is 2.07. The van der Waals surface area contributed by atoms with Crippen molar-refractivity contribution in [3.8, 4) is 0 Å². The molecule has 2 fully saturated rings. The van der Waals surface area contributed by atoms with Gasteiger partial charge in [0, 0.05) is 20.0 Å². The third-order valence-electron chi connectivity index (χ3n) is 5.19. The van der Waals surface area contributed by atoms with Crippen molar-refractivity contribution in [2.45, 2.75) is 77.7 Å². The van der Waals surface area contributed by atoms with Crippen LogP contribution in [0.15, 0.2) is 0 Å². The zero-order chi connectivity index (χ0) is 16.8. The van der Waals surface area contributed by atoms with E-state index in [0.29, 0.717) is 44.0 Å². The quantitative estimate of drug-likeness (QED) is 0.694. The molecule has 0 aromatic rings. The Morgan fingerprint density at radius 1 is 1.26 bits per heavy atom. The molecule has 6 atom stereocenters. The summed E-state index contributed by atoms with van der Waals surface area (Å²) in [4.78, 5) is 0. The molecule has 5 heteroatoms. The third-order valence-corrected chi connectivity index (χ3v) is 5.19. The lowest BCUT2D eigenvalue weighted by molar-refractivity contribution is -0.120. The largest absolute Gasteiger partial charge is 0.375 e. The van der Waals surface area contributed by atoms with Crippen molar-refractivity contribution in [3.63, 3.8) is 0 Å². The maximum Gasteiger partial charge on any atom is 0.158 e. The van der Waals surface area contributed by atoms with E-state index in [9.17, 15) is 5.11 Å². The summed E-state index contributed by atoms with van der Waals surface area (Å²) in [6.07, 6.45) is 4.25. The lowest BCUT2D eigenvalue weighted by atomic mass is 9.75. The number of aliphatic hydroxyl groups is 1. The van der Waals surface area contributed by atoms with E-state index in [0.717, 1.165) is 12.3 Å². The fourth-order valence-electron chi connectivity index (χ4n) is 3.68. The van der Waals surface area contributed by atoms with Gasteiger partial charge in [0.15, 0.2) is 12.6 Å². The van der Waals surface area contributed by atoms with E-state index in [4.69, 9.17) is 18.9 Å². The van der Waals surface area contributed by atoms with Gasteiger partial charge in [-0.05, 0) is 30.6 Å². The summed E-state index contributed by atoms with van der Waals surface area (Å²) in [5.41, 5.74) is 0. The van der Waals surface area contributed by atoms with Crippen molar-refractivity contribution in [3.05, 3.63) is 0 Å². The molecule has 0 aromatic carbocycles. The molecule has 5 nitrogen and oxygen atoms in total. The molecule has 0 amide bonds. The molecule has 0 aromatic heterocycles. The van der Waals surface area contributed by atoms with Gasteiger partial charge in [0.2, 0.25) is 0 Å². The van der Waals surface area contributed by atoms with Gasteiger partial charge < -0.3 is 24.1 Å². The van der Waals surface area contributed by atoms with Crippen molar-refractivity contribution in [1.82, 2.24) is 0 Å². The van der Waals surface area contributed by atoms with E-state index < -0.39 is 6.29 Å². The van der Waals surface area contributed by atoms with Crippen molar-refractivity contribution >= 4 is 0 Å². The molecule has 1 heterocycles. The highest BCUT2D eigenvalue weighted by Gasteiger charge is 2.33. The van der Waals surface area contributed by atoms with Crippen LogP contribution in [0.2, 0.25) is 0 Å². The predicted octanol–water partition coefficient (Wildman–Crippen LogP) is 2.95. The van der Waals surface area contributed by atoms with Crippen LogP contribution in [0.5, 0.6) is 0 Å². The SMILES string of the molecule is COC(O)CCC1OCC(COC2CC(C)CCC2C(C)C)O1. The highest BCUT2D eigenvalue weighted by Crippen LogP contribution is 2.35. The maximum absolute atomic E-state index is 9.41. The van der Waals surface area contributed by atoms with E-state index in [1.807, 2.05) is 0 Å². The zero-order valence-corrected chi connectivity index (χ0v) is 15.1. The standard InChI is InChI=1S/C18H34O5/c1-12(2)15-6-5-13(3)9-16(15)21-10-14-11-22-18(23-14)8-7-17(19)20-4/h12-19H,5-11H2,1-4H3. The Morgan fingerprint density at radius 2 is 2.04 bits per heavy atom. The van der Waals surface area contributed by atoms with Crippen LogP contribution in [-0.2, 0) is 18.9 Å². The van der Waals surface area contributed by atoms with Crippen molar-refractivity contribution < 1.29 is 24.1 Å². The summed E-state index contributed by atoms with van der Waals surface area (Å²) in [5, 5.41) is 9.41. The highest BCUT2D eigenvalue weighted by molar-refractivity contribution is 4.82. The molecule has 6 unspecified atom stereocenters. The van der Waals surface area contributed by atoms with Gasteiger partial charge in [0.05, 0.1) is 19.3 Å². The number of ether oxygens (including phenoxy) is 4. The summed E-state index contributed by atoms with van der Waals surface area (Å²) in [6, 6.07) is 0. The Hall–Kier alpha value is -0.200. The Morgan fingerprint density at radius 3 is 2.74 bits per heavy atom. The lowest BCUT2D eigenvalue weighted by Crippen LogP contribution is -2.36. The van der Waals surface area contributed by atoms with Crippen molar-refractivity contribution in [2.24, 2.45) is 17.8 Å². The Kier molecular flexibility index (Phi) is 7.76. The van der Waals surface area contributed by atoms with Crippen LogP contribution in [0.3, 0.4) is 0 Å². The van der Waals surface area contributed by atoms with Crippen LogP contribution in [0, 0.1) is 17.8 Å². The molecule has 1 N–H and O–H groups in total. The summed E-state index contributed by atoms with van der Waals surface area (Å²) in [7, 11) is 1.49. The Labute approximate surface area is 140 Å². The average Bonchev–Trinajstić information content (AvgIpc) is 2.98. The predicted molar refractivity (Wildman–Crippen MR) is 87.9 cm³/mol. The first kappa shape index (κ1) is 19.1. The molecule has 0 spiro atoms. The summed E-state index contributed by atoms with van der Waals surface area (Å²) in [6.45, 7) is 8.08. The van der Waals surface area contributed by atoms with Crippen LogP contribution in [-0.4, -0.2) is 50.2 Å². The van der Waals surface area contributed by atoms with Crippen LogP contribution in [0.1, 0.15) is 52.9 Å². The van der Waals surface area contributed by atoms with Crippen molar-refractivity contribution in [1.29, 1.82) is 0 Å². The highest BCUT2D eigenvalue weighted by atomic mass is 16.7. The van der Waals surface area contributed by atoms with Gasteiger partial charge in [0.1, 0.15) is 6.10 Å². The molecule has 1 aliphatic carbocycles. The molecule has 136 valence electrons. The minimum Gasteiger partial charge on any atom is -0.375 e. The number of hydrogen-bond acceptors (Lipinski definition) is 5. The first-order valence-corrected chi connectivity index (χ1v) is 9.09. The molecule has 1 saturated heterocycles. The van der Waals surface area contributed by atoms with E-state index >= 15 is 0 Å². The van der Waals surface area contributed by atoms with Gasteiger partial charge in [-0.1, -0.05) is 27.2 Å². The monoisotopic (exact) mass is 330 g/mol. The van der Waals surface area contributed by atoms with Gasteiger partial charge >= 0.3 is 0 Å². The molecule has 23 heavy (non-hydrogen) atoms. The summed E-state index contributed by atoms with van der Waals surface area (Å²) >= 11 is 0. The minimum atomic E-state index is -0.743. The van der Waals surface area contributed by atoms with Gasteiger partial charge in [-0.2, -0.15) is 0 Å². The van der Waals surface area contributed by atoms with Gasteiger partial charge in [-0.25, -0.2) is 0 Å². The molecule has 2 rings (SSSR count). The molecule has 1 aliphatic heterocycles. The second kappa shape index (κ2) is 9.33. The maximum atomic E-state index is 9.41. The molecular formula is C18H34O5. The molecule has 0 bridgehead atoms.